The number of esters is 9. The average Bonchev–Trinajstić information content (AvgIpc) is 1.25. The summed E-state index contributed by atoms with van der Waals surface area (Å²) in [6.07, 6.45) is 39.1. The van der Waals surface area contributed by atoms with E-state index in [1.807, 2.05) is 125 Å². The van der Waals surface area contributed by atoms with Crippen LogP contribution in [0.4, 0.5) is 0 Å². The van der Waals surface area contributed by atoms with Gasteiger partial charge in [-0.2, -0.15) is 0 Å². The number of fused-ring (bicyclic) bond motifs is 1. The molecule has 19 heteroatoms. The van der Waals surface area contributed by atoms with E-state index in [1.54, 1.807) is 13.8 Å². The molecule has 0 aromatic carbocycles. The number of ether oxygens (including phenoxy) is 10. The molecule has 2 heterocycles. The summed E-state index contributed by atoms with van der Waals surface area (Å²) in [7, 11) is 0. The minimum atomic E-state index is -0.687. The highest BCUT2D eigenvalue weighted by atomic mass is 16.7. The Balaban J connectivity index is 0.000000163. The minimum absolute atomic E-state index is 0.00477. The van der Waals surface area contributed by atoms with Gasteiger partial charge in [-0.3, -0.25) is 38.4 Å². The molecule has 0 aromatic rings. The Morgan fingerprint density at radius 1 is 0.402 bits per heavy atom. The zero-order valence-corrected chi connectivity index (χ0v) is 81.7. The molecule has 122 heavy (non-hydrogen) atoms. The summed E-state index contributed by atoms with van der Waals surface area (Å²) in [5.74, 6) is 7.85. The molecule has 0 amide bonds. The van der Waals surface area contributed by atoms with Gasteiger partial charge in [0.1, 0.15) is 34.6 Å². The number of carbonyl (C=O) groups is 9. The van der Waals surface area contributed by atoms with Gasteiger partial charge in [-0.05, 0) is 416 Å². The van der Waals surface area contributed by atoms with Crippen molar-refractivity contribution in [3.05, 3.63) is 0 Å². The van der Waals surface area contributed by atoms with Crippen LogP contribution >= 0.6 is 0 Å². The highest BCUT2D eigenvalue weighted by molar-refractivity contribution is 5.83. The quantitative estimate of drug-likeness (QED) is 0.0495. The first kappa shape index (κ1) is 101. The molecule has 7 atom stereocenters. The fourth-order valence-corrected chi connectivity index (χ4v) is 23.4. The van der Waals surface area contributed by atoms with Gasteiger partial charge in [-0.15, -0.1) is 0 Å². The number of cyclic esters (lactones) is 1. The van der Waals surface area contributed by atoms with E-state index in [0.29, 0.717) is 43.1 Å². The zero-order chi connectivity index (χ0) is 90.7. The topological polar surface area (TPSA) is 246 Å². The fraction of sp³-hybridized carbons (Fsp3) is 0.913. The van der Waals surface area contributed by atoms with Crippen molar-refractivity contribution in [3.63, 3.8) is 0 Å². The van der Waals surface area contributed by atoms with Crippen LogP contribution in [0, 0.1) is 120 Å². The molecule has 2 aliphatic heterocycles. The second-order valence-electron chi connectivity index (χ2n) is 47.4. The first-order valence-electron chi connectivity index (χ1n) is 49.2. The third-order valence-corrected chi connectivity index (χ3v) is 34.5. The standard InChI is InChI=1S/C19H32O2.C18H30O3.C17H28O2.C14H20O4.C13H24O2.C12H22O2.C10H16O4/c1-6-17(2,3)16(20)21-18(4,5)19-10-13-7-14(11-19)9-15(8-13)12-19;1-5-17(3,4)16(19)20-12(2)21-18-9-13-6-14(10-18)8-15(7-13)11-18;1-5-16(2,3)15(18)19-17(4)13-7-11-6-12(9-13)10-14(17)8-11;1-4-14(2,3)13(16)18-10-7-5-8-9(6-7)12(15)17-11(8)10;1-5-12(2,3)11(14)15-13(4)9-7-6-8-10-13;1-5-11(2,3)10(13)14-12(4)8-6-7-9-12;1-4-10(2,3)9(12)14-7-5-6-13-8(7)11/h13-15H,6-12H2,1-5H3;12-15H,5-11H2,1-4H3;11-14H,5-10H2,1-4H3;7-11H,4-6H2,1-3H3;5-10H2,1-4H3;5-9H2,1-4H3;7H,4-6H2,1-3H3. The third kappa shape index (κ3) is 23.8. The highest BCUT2D eigenvalue weighted by Gasteiger charge is 2.65. The summed E-state index contributed by atoms with van der Waals surface area (Å²) in [6, 6.07) is 0. The van der Waals surface area contributed by atoms with Crippen molar-refractivity contribution in [1.82, 2.24) is 0 Å². The molecule has 18 rings (SSSR count). The molecule has 16 saturated carbocycles. The second kappa shape index (κ2) is 39.2. The molecule has 0 aromatic heterocycles. The Bertz CT molecular complexity index is 3490. The van der Waals surface area contributed by atoms with E-state index in [1.165, 1.54) is 141 Å². The number of carbonyl (C=O) groups excluding carboxylic acids is 9. The molecule has 0 radical (unpaired) electrons. The molecule has 7 unspecified atom stereocenters. The van der Waals surface area contributed by atoms with E-state index in [2.05, 4.69) is 48.5 Å². The van der Waals surface area contributed by atoms with Gasteiger partial charge in [-0.25, -0.2) is 4.79 Å². The van der Waals surface area contributed by atoms with Crippen LogP contribution in [0.5, 0.6) is 0 Å². The summed E-state index contributed by atoms with van der Waals surface area (Å²) >= 11 is 0. The van der Waals surface area contributed by atoms with Gasteiger partial charge in [0.05, 0.1) is 56.0 Å². The highest BCUT2D eigenvalue weighted by Crippen LogP contribution is 2.66. The van der Waals surface area contributed by atoms with Crippen LogP contribution in [0.2, 0.25) is 0 Å². The number of rotatable bonds is 24. The van der Waals surface area contributed by atoms with Gasteiger partial charge in [-0.1, -0.05) is 54.9 Å². The Labute approximate surface area is 738 Å². The second-order valence-corrected chi connectivity index (χ2v) is 47.4. The van der Waals surface area contributed by atoms with E-state index in [4.69, 9.17) is 47.4 Å². The Hall–Kier alpha value is -4.81. The van der Waals surface area contributed by atoms with Gasteiger partial charge >= 0.3 is 53.7 Å². The Morgan fingerprint density at radius 2 is 0.754 bits per heavy atom. The lowest BCUT2D eigenvalue weighted by Gasteiger charge is -2.61. The third-order valence-electron chi connectivity index (χ3n) is 34.5. The van der Waals surface area contributed by atoms with Crippen molar-refractivity contribution >= 4 is 53.7 Å². The van der Waals surface area contributed by atoms with Crippen molar-refractivity contribution < 1.29 is 90.5 Å². The van der Waals surface area contributed by atoms with Crippen molar-refractivity contribution in [2.24, 2.45) is 120 Å². The summed E-state index contributed by atoms with van der Waals surface area (Å²) in [6.45, 7) is 54.2. The van der Waals surface area contributed by atoms with E-state index in [-0.39, 0.29) is 121 Å². The van der Waals surface area contributed by atoms with Crippen LogP contribution in [-0.4, -0.2) is 113 Å². The minimum Gasteiger partial charge on any atom is -0.463 e. The van der Waals surface area contributed by atoms with Crippen LogP contribution < -0.4 is 0 Å². The predicted molar refractivity (Wildman–Crippen MR) is 474 cm³/mol. The fourth-order valence-electron chi connectivity index (χ4n) is 23.4. The molecule has 0 spiro atoms. The number of hydrogen-bond acceptors (Lipinski definition) is 19. The van der Waals surface area contributed by atoms with Crippen LogP contribution in [0.15, 0.2) is 0 Å². The summed E-state index contributed by atoms with van der Waals surface area (Å²) in [5, 5.41) is 0. The van der Waals surface area contributed by atoms with E-state index < -0.39 is 34.6 Å². The molecule has 0 N–H and O–H groups in total. The van der Waals surface area contributed by atoms with Crippen molar-refractivity contribution in [2.45, 2.75) is 471 Å². The monoisotopic (exact) mass is 1710 g/mol. The Kier molecular flexibility index (Phi) is 32.5. The molecule has 18 fully saturated rings. The lowest BCUT2D eigenvalue weighted by molar-refractivity contribution is -0.248. The molecule has 698 valence electrons. The normalized spacial score (nSPS) is 33.9. The lowest BCUT2D eigenvalue weighted by atomic mass is 9.46. The summed E-state index contributed by atoms with van der Waals surface area (Å²) in [4.78, 5) is 107. The lowest BCUT2D eigenvalue weighted by Crippen LogP contribution is -2.58. The van der Waals surface area contributed by atoms with Gasteiger partial charge in [0.25, 0.3) is 0 Å². The van der Waals surface area contributed by atoms with Crippen molar-refractivity contribution in [2.75, 3.05) is 6.61 Å². The first-order chi connectivity index (χ1) is 56.5. The smallest absolute Gasteiger partial charge is 0.347 e. The maximum absolute atomic E-state index is 12.6. The maximum Gasteiger partial charge on any atom is 0.347 e. The van der Waals surface area contributed by atoms with Crippen LogP contribution in [0.25, 0.3) is 0 Å². The van der Waals surface area contributed by atoms with E-state index >= 15 is 0 Å². The molecular formula is C103H172O19. The molecule has 2 saturated heterocycles. The first-order valence-corrected chi connectivity index (χ1v) is 49.2. The summed E-state index contributed by atoms with van der Waals surface area (Å²) in [5.41, 5.74) is -3.35. The molecule has 18 aliphatic rings. The number of hydrogen-bond donors (Lipinski definition) is 0. The SMILES string of the molecule is CCC(C)(C)C(=O)OC(C)(C)C12CC3CC(CC(C3)C1)C2.CCC(C)(C)C(=O)OC(C)OC12CC3CC(CC(C3)C1)C2.CCC(C)(C)C(=O)OC1(C)C2CC3CC(C2)CC1C3.CCC(C)(C)C(=O)OC1(C)CCCC1.CCC(C)(C)C(=O)OC1(C)CCCCC1.CCC(C)(C)C(=O)OC1C2CC3C(=O)OC1C3C2.CCC(C)(C)C(=O)OC1CCOC1=O. The summed E-state index contributed by atoms with van der Waals surface area (Å²) < 4.78 is 56.3. The van der Waals surface area contributed by atoms with Gasteiger partial charge in [0.15, 0.2) is 0 Å². The molecular weight excluding hydrogens is 1540 g/mol. The predicted octanol–water partition coefficient (Wildman–Crippen LogP) is 23.6. The van der Waals surface area contributed by atoms with Gasteiger partial charge < -0.3 is 47.4 Å². The van der Waals surface area contributed by atoms with Crippen molar-refractivity contribution in [3.8, 4) is 0 Å². The maximum atomic E-state index is 12.6. The van der Waals surface area contributed by atoms with E-state index in [9.17, 15) is 43.2 Å². The van der Waals surface area contributed by atoms with E-state index in [0.717, 1.165) is 124 Å². The van der Waals surface area contributed by atoms with Crippen LogP contribution in [-0.2, 0) is 90.5 Å². The van der Waals surface area contributed by atoms with Gasteiger partial charge in [0, 0.05) is 23.7 Å². The zero-order valence-electron chi connectivity index (χ0n) is 81.7. The largest absolute Gasteiger partial charge is 0.463 e. The molecule has 19 nitrogen and oxygen atoms in total. The van der Waals surface area contributed by atoms with Crippen molar-refractivity contribution in [1.29, 1.82) is 0 Å². The van der Waals surface area contributed by atoms with Crippen LogP contribution in [0.1, 0.15) is 418 Å². The van der Waals surface area contributed by atoms with Gasteiger partial charge in [0.2, 0.25) is 12.4 Å². The molecule has 14 bridgehead atoms. The van der Waals surface area contributed by atoms with Crippen LogP contribution in [0.3, 0.4) is 0 Å². The average molecular weight is 1710 g/mol. The molecule has 16 aliphatic carbocycles. The Morgan fingerprint density at radius 3 is 1.15 bits per heavy atom.